The molecule has 1 unspecified atom stereocenters. The van der Waals surface area contributed by atoms with E-state index in [0.29, 0.717) is 0 Å². The lowest BCUT2D eigenvalue weighted by Gasteiger charge is -2.19. The second kappa shape index (κ2) is 8.42. The maximum absolute atomic E-state index is 14.3. The van der Waals surface area contributed by atoms with Crippen LogP contribution in [0.1, 0.15) is 53.2 Å². The van der Waals surface area contributed by atoms with E-state index in [2.05, 4.69) is 10.3 Å². The van der Waals surface area contributed by atoms with Crippen LogP contribution in [-0.2, 0) is 9.47 Å². The van der Waals surface area contributed by atoms with Gasteiger partial charge in [-0.2, -0.15) is 4.98 Å². The number of nitrogens with one attached hydrogen (secondary N) is 1. The molecule has 1 aromatic rings. The first-order valence-electron chi connectivity index (χ1n) is 8.73. The van der Waals surface area contributed by atoms with E-state index in [9.17, 15) is 14.0 Å². The zero-order chi connectivity index (χ0) is 18.6. The van der Waals surface area contributed by atoms with Crippen molar-refractivity contribution in [2.75, 3.05) is 11.9 Å². The molecule has 0 aliphatic carbocycles. The third-order valence-corrected chi connectivity index (χ3v) is 4.76. The van der Waals surface area contributed by atoms with Crippen molar-refractivity contribution in [1.29, 1.82) is 0 Å². The van der Waals surface area contributed by atoms with Crippen molar-refractivity contribution in [3.05, 3.63) is 22.5 Å². The molecule has 2 heterocycles. The SMILES string of the molecule is CCCCCOC(=O)Nc1nc(=O)n([C@@H]2O[C@H](C)C(C)[C@@H]2C)cc1F. The molecule has 4 atom stereocenters. The van der Waals surface area contributed by atoms with Crippen LogP contribution in [0.15, 0.2) is 11.0 Å². The predicted molar refractivity (Wildman–Crippen MR) is 90.9 cm³/mol. The Balaban J connectivity index is 2.07. The molecule has 1 aliphatic rings. The topological polar surface area (TPSA) is 82.5 Å². The molecule has 0 bridgehead atoms. The molecule has 7 nitrogen and oxygen atoms in total. The molecule has 2 rings (SSSR count). The summed E-state index contributed by atoms with van der Waals surface area (Å²) < 4.78 is 26.1. The monoisotopic (exact) mass is 355 g/mol. The van der Waals surface area contributed by atoms with E-state index in [1.807, 2.05) is 27.7 Å². The first-order chi connectivity index (χ1) is 11.8. The first-order valence-corrected chi connectivity index (χ1v) is 8.73. The average Bonchev–Trinajstić information content (AvgIpc) is 2.82. The second-order valence-corrected chi connectivity index (χ2v) is 6.55. The molecule has 1 amide bonds. The number of amides is 1. The van der Waals surface area contributed by atoms with Crippen molar-refractivity contribution in [1.82, 2.24) is 9.55 Å². The van der Waals surface area contributed by atoms with E-state index >= 15 is 0 Å². The Kier molecular flexibility index (Phi) is 6.52. The zero-order valence-corrected chi connectivity index (χ0v) is 15.1. The van der Waals surface area contributed by atoms with Gasteiger partial charge in [0, 0.05) is 5.92 Å². The molecular formula is C17H26FN3O4. The van der Waals surface area contributed by atoms with Gasteiger partial charge < -0.3 is 9.47 Å². The van der Waals surface area contributed by atoms with Crippen molar-refractivity contribution in [3.63, 3.8) is 0 Å². The fourth-order valence-electron chi connectivity index (χ4n) is 2.84. The molecule has 8 heteroatoms. The standard InChI is InChI=1S/C17H26FN3O4/c1-5-6-7-8-24-17(23)20-14-13(18)9-21(16(22)19-14)15-11(3)10(2)12(4)25-15/h9-12,15H,5-8H2,1-4H3,(H,19,20,22,23)/t10?,11-,12+,15+/m0/s1. The summed E-state index contributed by atoms with van der Waals surface area (Å²) in [5.74, 6) is -0.978. The first kappa shape index (κ1) is 19.4. The molecule has 0 saturated carbocycles. The number of carbonyl (C=O) groups excluding carboxylic acids is 1. The van der Waals surface area contributed by atoms with Crippen LogP contribution < -0.4 is 11.0 Å². The predicted octanol–water partition coefficient (Wildman–Crippen LogP) is 3.31. The Morgan fingerprint density at radius 2 is 2.08 bits per heavy atom. The fraction of sp³-hybridized carbons (Fsp3) is 0.706. The van der Waals surface area contributed by atoms with Gasteiger partial charge in [-0.25, -0.2) is 14.0 Å². The van der Waals surface area contributed by atoms with Crippen molar-refractivity contribution in [3.8, 4) is 0 Å². The molecule has 25 heavy (non-hydrogen) atoms. The highest BCUT2D eigenvalue weighted by atomic mass is 19.1. The Bertz CT molecular complexity index is 664. The number of hydrogen-bond donors (Lipinski definition) is 1. The lowest BCUT2D eigenvalue weighted by molar-refractivity contribution is -0.00803. The van der Waals surface area contributed by atoms with Gasteiger partial charge in [-0.1, -0.05) is 33.6 Å². The number of unbranched alkanes of at least 4 members (excludes halogenated alkanes) is 2. The van der Waals surface area contributed by atoms with Crippen molar-refractivity contribution in [2.24, 2.45) is 11.8 Å². The Morgan fingerprint density at radius 1 is 1.36 bits per heavy atom. The smallest absolute Gasteiger partial charge is 0.412 e. The van der Waals surface area contributed by atoms with Crippen LogP contribution in [0, 0.1) is 17.7 Å². The maximum atomic E-state index is 14.3. The minimum absolute atomic E-state index is 0.0362. The van der Waals surface area contributed by atoms with E-state index in [-0.39, 0.29) is 24.5 Å². The van der Waals surface area contributed by atoms with Gasteiger partial charge in [-0.3, -0.25) is 9.88 Å². The maximum Gasteiger partial charge on any atom is 0.412 e. The average molecular weight is 355 g/mol. The summed E-state index contributed by atoms with van der Waals surface area (Å²) in [6.45, 7) is 8.16. The number of carbonyl (C=O) groups is 1. The van der Waals surface area contributed by atoms with E-state index in [1.165, 1.54) is 0 Å². The van der Waals surface area contributed by atoms with Crippen molar-refractivity contribution >= 4 is 11.9 Å². The lowest BCUT2D eigenvalue weighted by Crippen LogP contribution is -2.31. The fourth-order valence-corrected chi connectivity index (χ4v) is 2.84. The minimum atomic E-state index is -0.826. The van der Waals surface area contributed by atoms with Gasteiger partial charge in [0.25, 0.3) is 0 Å². The van der Waals surface area contributed by atoms with Gasteiger partial charge >= 0.3 is 11.8 Å². The van der Waals surface area contributed by atoms with Crippen molar-refractivity contribution < 1.29 is 18.7 Å². The summed E-state index contributed by atoms with van der Waals surface area (Å²) in [5, 5.41) is 2.17. The summed E-state index contributed by atoms with van der Waals surface area (Å²) in [6, 6.07) is 0. The number of nitrogens with zero attached hydrogens (tertiary/aromatic N) is 2. The van der Waals surface area contributed by atoms with Crippen LogP contribution in [-0.4, -0.2) is 28.4 Å². The molecule has 0 spiro atoms. The van der Waals surface area contributed by atoms with Gasteiger partial charge in [0.2, 0.25) is 0 Å². The minimum Gasteiger partial charge on any atom is -0.449 e. The van der Waals surface area contributed by atoms with Crippen LogP contribution in [0.4, 0.5) is 15.0 Å². The van der Waals surface area contributed by atoms with Gasteiger partial charge in [0.15, 0.2) is 11.6 Å². The highest BCUT2D eigenvalue weighted by Gasteiger charge is 2.38. The van der Waals surface area contributed by atoms with Gasteiger partial charge in [-0.15, -0.1) is 0 Å². The Labute approximate surface area is 146 Å². The van der Waals surface area contributed by atoms with E-state index in [4.69, 9.17) is 9.47 Å². The molecular weight excluding hydrogens is 329 g/mol. The highest BCUT2D eigenvalue weighted by Crippen LogP contribution is 2.37. The molecule has 0 aromatic carbocycles. The number of ether oxygens (including phenoxy) is 2. The summed E-state index contributed by atoms with van der Waals surface area (Å²) in [6.07, 6.45) is 2.25. The third kappa shape index (κ3) is 4.56. The molecule has 1 saturated heterocycles. The quantitative estimate of drug-likeness (QED) is 0.792. The summed E-state index contributed by atoms with van der Waals surface area (Å²) >= 11 is 0. The largest absolute Gasteiger partial charge is 0.449 e. The zero-order valence-electron chi connectivity index (χ0n) is 15.1. The van der Waals surface area contributed by atoms with E-state index in [0.717, 1.165) is 30.0 Å². The van der Waals surface area contributed by atoms with Crippen molar-refractivity contribution in [2.45, 2.75) is 59.3 Å². The van der Waals surface area contributed by atoms with Crippen LogP contribution in [0.5, 0.6) is 0 Å². The van der Waals surface area contributed by atoms with Gasteiger partial charge in [-0.05, 0) is 19.3 Å². The number of hydrogen-bond acceptors (Lipinski definition) is 5. The van der Waals surface area contributed by atoms with Crippen LogP contribution in [0.2, 0.25) is 0 Å². The van der Waals surface area contributed by atoms with E-state index < -0.39 is 29.6 Å². The normalized spacial score (nSPS) is 25.8. The second-order valence-electron chi connectivity index (χ2n) is 6.55. The van der Waals surface area contributed by atoms with E-state index in [1.54, 1.807) is 0 Å². The summed E-state index contributed by atoms with van der Waals surface area (Å²) in [5.41, 5.74) is -0.680. The molecule has 0 radical (unpaired) electrons. The number of rotatable bonds is 6. The molecule has 1 aliphatic heterocycles. The molecule has 1 N–H and O–H groups in total. The Morgan fingerprint density at radius 3 is 2.68 bits per heavy atom. The summed E-state index contributed by atoms with van der Waals surface area (Å²) in [4.78, 5) is 27.5. The lowest BCUT2D eigenvalue weighted by atomic mass is 9.93. The molecule has 140 valence electrons. The van der Waals surface area contributed by atoms with Crippen LogP contribution in [0.3, 0.4) is 0 Å². The number of halogens is 1. The van der Waals surface area contributed by atoms with Crippen LogP contribution in [0.25, 0.3) is 0 Å². The highest BCUT2D eigenvalue weighted by molar-refractivity contribution is 5.83. The van der Waals surface area contributed by atoms with Gasteiger partial charge in [0.05, 0.1) is 18.9 Å². The summed E-state index contributed by atoms with van der Waals surface area (Å²) in [7, 11) is 0. The molecule has 1 fully saturated rings. The Hall–Kier alpha value is -1.96. The number of aromatic nitrogens is 2. The van der Waals surface area contributed by atoms with Crippen LogP contribution >= 0.6 is 0 Å². The number of anilines is 1. The van der Waals surface area contributed by atoms with Gasteiger partial charge in [0.1, 0.15) is 6.23 Å². The molecule has 1 aromatic heterocycles. The third-order valence-electron chi connectivity index (χ3n) is 4.76.